The summed E-state index contributed by atoms with van der Waals surface area (Å²) in [5, 5.41) is 11.6. The molecule has 1 aliphatic heterocycles. The van der Waals surface area contributed by atoms with Crippen LogP contribution in [0.15, 0.2) is 99.7 Å². The van der Waals surface area contributed by atoms with Crippen LogP contribution in [0.4, 0.5) is 0 Å². The van der Waals surface area contributed by atoms with E-state index in [0.29, 0.717) is 33.8 Å². The highest BCUT2D eigenvalue weighted by Crippen LogP contribution is 2.41. The van der Waals surface area contributed by atoms with Crippen LogP contribution in [0.3, 0.4) is 0 Å². The van der Waals surface area contributed by atoms with Crippen molar-refractivity contribution in [3.63, 3.8) is 0 Å². The van der Waals surface area contributed by atoms with Gasteiger partial charge in [-0.2, -0.15) is 0 Å². The topological polar surface area (TPSA) is 102 Å². The van der Waals surface area contributed by atoms with Crippen molar-refractivity contribution in [3.8, 4) is 11.5 Å². The molecule has 0 aliphatic carbocycles. The Morgan fingerprint density at radius 3 is 2.75 bits per heavy atom. The molecule has 8 heteroatoms. The summed E-state index contributed by atoms with van der Waals surface area (Å²) in [6.07, 6.45) is 3.11. The molecule has 0 fully saturated rings. The van der Waals surface area contributed by atoms with Crippen molar-refractivity contribution in [2.45, 2.75) is 12.6 Å². The van der Waals surface area contributed by atoms with Crippen LogP contribution in [-0.2, 0) is 11.3 Å². The summed E-state index contributed by atoms with van der Waals surface area (Å²) < 4.78 is 22.3. The molecule has 2 aromatic carbocycles. The minimum atomic E-state index is -0.905. The molecule has 0 spiro atoms. The molecule has 182 valence electrons. The van der Waals surface area contributed by atoms with Gasteiger partial charge >= 0.3 is 0 Å². The molecule has 36 heavy (non-hydrogen) atoms. The van der Waals surface area contributed by atoms with Crippen molar-refractivity contribution >= 4 is 22.7 Å². The van der Waals surface area contributed by atoms with Crippen LogP contribution in [0, 0.1) is 0 Å². The van der Waals surface area contributed by atoms with E-state index in [1.807, 2.05) is 0 Å². The van der Waals surface area contributed by atoms with Crippen molar-refractivity contribution < 1.29 is 33.0 Å². The first-order valence-corrected chi connectivity index (χ1v) is 11.2. The summed E-state index contributed by atoms with van der Waals surface area (Å²) in [6.45, 7) is 3.99. The lowest BCUT2D eigenvalue weighted by molar-refractivity contribution is -0.130. The zero-order chi connectivity index (χ0) is 25.2. The quantitative estimate of drug-likeness (QED) is 0.251. The van der Waals surface area contributed by atoms with Crippen LogP contribution in [0.5, 0.6) is 11.5 Å². The molecule has 0 bridgehead atoms. The van der Waals surface area contributed by atoms with E-state index < -0.39 is 23.5 Å². The Labute approximate surface area is 206 Å². The van der Waals surface area contributed by atoms with Gasteiger partial charge in [-0.05, 0) is 42.0 Å². The Bertz CT molecular complexity index is 1480. The number of hydrogen-bond acceptors (Lipinski definition) is 7. The predicted molar refractivity (Wildman–Crippen MR) is 131 cm³/mol. The molecule has 4 aromatic rings. The largest absolute Gasteiger partial charge is 0.503 e. The highest BCUT2D eigenvalue weighted by atomic mass is 16.5. The fraction of sp³-hybridized carbons (Fsp3) is 0.143. The number of carbonyl (C=O) groups is 2. The molecule has 0 radical (unpaired) electrons. The number of ether oxygens (including phenoxy) is 2. The van der Waals surface area contributed by atoms with Crippen molar-refractivity contribution in [2.75, 3.05) is 13.7 Å². The number of methoxy groups -OCH3 is 1. The molecular weight excluding hydrogens is 462 g/mol. The van der Waals surface area contributed by atoms with Gasteiger partial charge < -0.3 is 28.3 Å². The second-order valence-corrected chi connectivity index (χ2v) is 8.17. The summed E-state index contributed by atoms with van der Waals surface area (Å²) >= 11 is 0. The van der Waals surface area contributed by atoms with E-state index in [4.69, 9.17) is 18.3 Å². The summed E-state index contributed by atoms with van der Waals surface area (Å²) in [4.78, 5) is 28.4. The van der Waals surface area contributed by atoms with Gasteiger partial charge in [-0.25, -0.2) is 0 Å². The number of aliphatic hydroxyl groups is 1. The maximum atomic E-state index is 13.8. The van der Waals surface area contributed by atoms with Crippen LogP contribution in [-0.4, -0.2) is 35.4 Å². The highest BCUT2D eigenvalue weighted by molar-refractivity contribution is 6.16. The Morgan fingerprint density at radius 2 is 2.00 bits per heavy atom. The van der Waals surface area contributed by atoms with E-state index in [2.05, 4.69) is 6.58 Å². The van der Waals surface area contributed by atoms with E-state index >= 15 is 0 Å². The summed E-state index contributed by atoms with van der Waals surface area (Å²) in [7, 11) is 1.51. The van der Waals surface area contributed by atoms with Crippen LogP contribution >= 0.6 is 0 Å². The standard InChI is InChI=1S/C28H23NO7/c1-3-12-34-19-9-4-7-17(14-19)24-23(26(31)28(32)29(24)16-20-10-6-13-35-20)25(30)22-15-18-8-5-11-21(33-2)27(18)36-22/h3-11,13-15,24,31H,1,12,16H2,2H3. The Morgan fingerprint density at radius 1 is 1.17 bits per heavy atom. The monoisotopic (exact) mass is 485 g/mol. The molecular formula is C28H23NO7. The first kappa shape index (κ1) is 23.0. The fourth-order valence-corrected chi connectivity index (χ4v) is 4.34. The van der Waals surface area contributed by atoms with Crippen LogP contribution in [0.1, 0.15) is 27.9 Å². The molecule has 1 atom stereocenters. The number of para-hydroxylation sites is 1. The summed E-state index contributed by atoms with van der Waals surface area (Å²) in [5.74, 6) is -0.453. The van der Waals surface area contributed by atoms with Crippen molar-refractivity contribution in [1.29, 1.82) is 0 Å². The van der Waals surface area contributed by atoms with Crippen LogP contribution in [0.25, 0.3) is 11.0 Å². The summed E-state index contributed by atoms with van der Waals surface area (Å²) in [6, 6.07) is 16.4. The van der Waals surface area contributed by atoms with Gasteiger partial charge in [0, 0.05) is 5.39 Å². The number of aliphatic hydroxyl groups excluding tert-OH is 1. The second-order valence-electron chi connectivity index (χ2n) is 8.17. The molecule has 5 rings (SSSR count). The lowest BCUT2D eigenvalue weighted by Gasteiger charge is -2.26. The number of furan rings is 2. The predicted octanol–water partition coefficient (Wildman–Crippen LogP) is 5.38. The number of amides is 1. The second kappa shape index (κ2) is 9.50. The van der Waals surface area contributed by atoms with Crippen molar-refractivity contribution in [3.05, 3.63) is 108 Å². The molecule has 0 saturated carbocycles. The van der Waals surface area contributed by atoms with Gasteiger partial charge in [0.2, 0.25) is 5.78 Å². The SMILES string of the molecule is C=CCOc1cccc(C2C(C(=O)c3cc4cccc(OC)c4o3)=C(O)C(=O)N2Cc2ccco2)c1. The van der Waals surface area contributed by atoms with Gasteiger partial charge in [0.05, 0.1) is 31.5 Å². The van der Waals surface area contributed by atoms with Gasteiger partial charge in [-0.3, -0.25) is 9.59 Å². The Balaban J connectivity index is 1.60. The van der Waals surface area contributed by atoms with E-state index in [9.17, 15) is 14.7 Å². The average molecular weight is 485 g/mol. The first-order valence-electron chi connectivity index (χ1n) is 11.2. The van der Waals surface area contributed by atoms with E-state index in [0.717, 1.165) is 0 Å². The van der Waals surface area contributed by atoms with E-state index in [1.165, 1.54) is 18.3 Å². The van der Waals surface area contributed by atoms with Crippen LogP contribution in [0.2, 0.25) is 0 Å². The van der Waals surface area contributed by atoms with Crippen LogP contribution < -0.4 is 9.47 Å². The number of fused-ring (bicyclic) bond motifs is 1. The third-order valence-electron chi connectivity index (χ3n) is 5.95. The molecule has 1 aliphatic rings. The van der Waals surface area contributed by atoms with Crippen molar-refractivity contribution in [2.24, 2.45) is 0 Å². The molecule has 3 heterocycles. The maximum Gasteiger partial charge on any atom is 0.290 e. The van der Waals surface area contributed by atoms with Gasteiger partial charge in [-0.1, -0.05) is 36.9 Å². The lowest BCUT2D eigenvalue weighted by Crippen LogP contribution is -2.30. The molecule has 1 amide bonds. The molecule has 2 aromatic heterocycles. The van der Waals surface area contributed by atoms with E-state index in [-0.39, 0.29) is 24.5 Å². The Kier molecular flexibility index (Phi) is 6.08. The average Bonchev–Trinajstić information content (AvgIpc) is 3.62. The third-order valence-corrected chi connectivity index (χ3v) is 5.95. The minimum absolute atomic E-state index is 0.0206. The number of hydrogen-bond donors (Lipinski definition) is 1. The highest BCUT2D eigenvalue weighted by Gasteiger charge is 2.45. The minimum Gasteiger partial charge on any atom is -0.503 e. The van der Waals surface area contributed by atoms with Gasteiger partial charge in [0.15, 0.2) is 22.9 Å². The number of rotatable bonds is 9. The summed E-state index contributed by atoms with van der Waals surface area (Å²) in [5.41, 5.74) is 0.889. The number of ketones is 1. The molecule has 1 N–H and O–H groups in total. The zero-order valence-electron chi connectivity index (χ0n) is 19.5. The molecule has 0 saturated heterocycles. The lowest BCUT2D eigenvalue weighted by atomic mass is 9.94. The first-order chi connectivity index (χ1) is 17.5. The number of Topliss-reactive ketones (excluding diaryl/α,β-unsaturated/α-hetero) is 1. The molecule has 1 unspecified atom stereocenters. The zero-order valence-corrected chi connectivity index (χ0v) is 19.5. The van der Waals surface area contributed by atoms with Gasteiger partial charge in [0.25, 0.3) is 5.91 Å². The maximum absolute atomic E-state index is 13.8. The van der Waals surface area contributed by atoms with Crippen molar-refractivity contribution in [1.82, 2.24) is 4.90 Å². The normalized spacial score (nSPS) is 15.5. The number of benzene rings is 2. The fourth-order valence-electron chi connectivity index (χ4n) is 4.34. The Hall–Kier alpha value is -4.72. The smallest absolute Gasteiger partial charge is 0.290 e. The number of carbonyl (C=O) groups excluding carboxylic acids is 2. The van der Waals surface area contributed by atoms with Gasteiger partial charge in [0.1, 0.15) is 18.1 Å². The molecule has 8 nitrogen and oxygen atoms in total. The van der Waals surface area contributed by atoms with Gasteiger partial charge in [-0.15, -0.1) is 0 Å². The number of nitrogens with zero attached hydrogens (tertiary/aromatic N) is 1. The third kappa shape index (κ3) is 4.02. The van der Waals surface area contributed by atoms with E-state index in [1.54, 1.807) is 66.7 Å².